The number of hydrogen-bond donors (Lipinski definition) is 1. The van der Waals surface area contributed by atoms with Crippen LogP contribution < -0.4 is 10.3 Å². The molecule has 0 unspecified atom stereocenters. The van der Waals surface area contributed by atoms with Gasteiger partial charge in [0.1, 0.15) is 0 Å². The molecular formula is C24H28ClN3O. The Morgan fingerprint density at radius 1 is 1.21 bits per heavy atom. The summed E-state index contributed by atoms with van der Waals surface area (Å²) in [5.74, 6) is -0.328. The largest absolute Gasteiger partial charge is 0.360 e. The van der Waals surface area contributed by atoms with E-state index >= 15 is 0 Å². The predicted molar refractivity (Wildman–Crippen MR) is 123 cm³/mol. The molecule has 1 aliphatic heterocycles. The molecule has 0 atom stereocenters. The number of allylic oxidation sites excluding steroid dienone is 1. The van der Waals surface area contributed by atoms with Crippen LogP contribution in [0.4, 0.5) is 5.69 Å². The Bertz CT molecular complexity index is 1010. The number of benzene rings is 2. The number of aryl methyl sites for hydroxylation is 1. The summed E-state index contributed by atoms with van der Waals surface area (Å²) < 4.78 is 0. The van der Waals surface area contributed by atoms with E-state index in [4.69, 9.17) is 11.6 Å². The lowest BCUT2D eigenvalue weighted by atomic mass is 9.86. The monoisotopic (exact) mass is 409 g/mol. The maximum Gasteiger partial charge on any atom is 0.272 e. The minimum absolute atomic E-state index is 0.0454. The van der Waals surface area contributed by atoms with Crippen LogP contribution in [0.3, 0.4) is 0 Å². The second kappa shape index (κ2) is 8.03. The van der Waals surface area contributed by atoms with Gasteiger partial charge in [0, 0.05) is 17.3 Å². The van der Waals surface area contributed by atoms with Crippen molar-refractivity contribution < 1.29 is 4.79 Å². The average Bonchev–Trinajstić information content (AvgIpc) is 2.61. The zero-order chi connectivity index (χ0) is 21.3. The Labute approximate surface area is 178 Å². The molecule has 1 amide bonds. The molecule has 0 spiro atoms. The van der Waals surface area contributed by atoms with Gasteiger partial charge >= 0.3 is 0 Å². The van der Waals surface area contributed by atoms with Crippen LogP contribution >= 0.6 is 11.6 Å². The zero-order valence-corrected chi connectivity index (χ0v) is 18.6. The van der Waals surface area contributed by atoms with E-state index in [0.717, 1.165) is 11.1 Å². The van der Waals surface area contributed by atoms with Crippen molar-refractivity contribution in [1.29, 1.82) is 0 Å². The number of carbonyl (C=O) groups is 1. The van der Waals surface area contributed by atoms with Crippen LogP contribution in [0.25, 0.3) is 5.57 Å². The van der Waals surface area contributed by atoms with Crippen molar-refractivity contribution in [3.8, 4) is 0 Å². The zero-order valence-electron chi connectivity index (χ0n) is 17.9. The fourth-order valence-electron chi connectivity index (χ4n) is 4.16. The van der Waals surface area contributed by atoms with Gasteiger partial charge in [0.15, 0.2) is 0 Å². The Kier molecular flexibility index (Phi) is 5.85. The van der Waals surface area contributed by atoms with Gasteiger partial charge in [-0.15, -0.1) is 0 Å². The molecule has 0 fully saturated rings. The second-order valence-corrected chi connectivity index (χ2v) is 8.76. The summed E-state index contributed by atoms with van der Waals surface area (Å²) in [6, 6.07) is 11.7. The van der Waals surface area contributed by atoms with E-state index in [1.807, 2.05) is 0 Å². The Hall–Kier alpha value is -2.59. The van der Waals surface area contributed by atoms with Crippen LogP contribution in [0.2, 0.25) is 5.02 Å². The summed E-state index contributed by atoms with van der Waals surface area (Å²) >= 11 is 6.07. The lowest BCUT2D eigenvalue weighted by Gasteiger charge is -2.46. The van der Waals surface area contributed by atoms with Crippen LogP contribution in [0.5, 0.6) is 0 Å². The minimum Gasteiger partial charge on any atom is -0.360 e. The molecule has 0 aromatic heterocycles. The van der Waals surface area contributed by atoms with Crippen LogP contribution in [0, 0.1) is 6.92 Å². The van der Waals surface area contributed by atoms with Gasteiger partial charge in [0.05, 0.1) is 22.3 Å². The molecular weight excluding hydrogens is 382 g/mol. The Morgan fingerprint density at radius 2 is 1.90 bits per heavy atom. The molecule has 29 heavy (non-hydrogen) atoms. The molecule has 1 N–H and O–H groups in total. The van der Waals surface area contributed by atoms with Gasteiger partial charge < -0.3 is 4.90 Å². The third-order valence-electron chi connectivity index (χ3n) is 5.26. The topological polar surface area (TPSA) is 44.7 Å². The number of rotatable bonds is 4. The van der Waals surface area contributed by atoms with Gasteiger partial charge in [-0.2, -0.15) is 5.10 Å². The molecule has 5 heteroatoms. The fourth-order valence-corrected chi connectivity index (χ4v) is 4.38. The molecule has 1 aliphatic rings. The molecule has 0 radical (unpaired) electrons. The van der Waals surface area contributed by atoms with Gasteiger partial charge in [-0.3, -0.25) is 4.79 Å². The highest BCUT2D eigenvalue weighted by atomic mass is 35.5. The van der Waals surface area contributed by atoms with Crippen molar-refractivity contribution >= 4 is 35.0 Å². The number of nitrogens with zero attached hydrogens (tertiary/aromatic N) is 2. The number of hydrogen-bond acceptors (Lipinski definition) is 3. The Morgan fingerprint density at radius 3 is 2.55 bits per heavy atom. The molecule has 0 saturated heterocycles. The molecule has 152 valence electrons. The quantitative estimate of drug-likeness (QED) is 0.510. The summed E-state index contributed by atoms with van der Waals surface area (Å²) in [5.41, 5.74) is 8.69. The fraction of sp³-hybridized carbons (Fsp3) is 0.333. The van der Waals surface area contributed by atoms with Crippen molar-refractivity contribution in [3.05, 3.63) is 69.8 Å². The molecule has 4 nitrogen and oxygen atoms in total. The number of carbonyl (C=O) groups excluding carboxylic acids is 1. The minimum atomic E-state index is -0.328. The van der Waals surface area contributed by atoms with Gasteiger partial charge in [0.25, 0.3) is 5.91 Å². The predicted octanol–water partition coefficient (Wildman–Crippen LogP) is 5.82. The SMILES string of the molecule is CC1=CC(C)(C)N(C(C)C)c2cc(C)c(/C=N\NC(=O)c3ccccc3Cl)cc21. The Balaban J connectivity index is 1.89. The van der Waals surface area contributed by atoms with E-state index in [-0.39, 0.29) is 11.4 Å². The normalized spacial score (nSPS) is 15.4. The van der Waals surface area contributed by atoms with Crippen LogP contribution in [0.15, 0.2) is 47.6 Å². The number of anilines is 1. The number of nitrogens with one attached hydrogen (secondary N) is 1. The lowest BCUT2D eigenvalue weighted by molar-refractivity contribution is 0.0955. The van der Waals surface area contributed by atoms with E-state index in [9.17, 15) is 4.79 Å². The molecule has 3 rings (SSSR count). The second-order valence-electron chi connectivity index (χ2n) is 8.35. The highest BCUT2D eigenvalue weighted by Crippen LogP contribution is 2.41. The van der Waals surface area contributed by atoms with Gasteiger partial charge in [-0.05, 0) is 82.5 Å². The van der Waals surface area contributed by atoms with Crippen molar-refractivity contribution in [1.82, 2.24) is 5.43 Å². The third-order valence-corrected chi connectivity index (χ3v) is 5.59. The van der Waals surface area contributed by atoms with Gasteiger partial charge in [-0.25, -0.2) is 5.43 Å². The van der Waals surface area contributed by atoms with E-state index in [1.165, 1.54) is 16.8 Å². The van der Waals surface area contributed by atoms with Crippen molar-refractivity contribution in [3.63, 3.8) is 0 Å². The van der Waals surface area contributed by atoms with E-state index in [2.05, 4.69) is 75.2 Å². The number of hydrazone groups is 1. The van der Waals surface area contributed by atoms with Crippen LogP contribution in [-0.4, -0.2) is 23.7 Å². The first kappa shape index (κ1) is 21.1. The molecule has 0 saturated carbocycles. The standard InChI is InChI=1S/C24H28ClN3O/c1-15(2)28-22-11-16(3)18(12-20(22)17(4)13-24(28,5)6)14-26-27-23(29)19-9-7-8-10-21(19)25/h7-15H,1-6H3,(H,27,29)/b26-14-. The summed E-state index contributed by atoms with van der Waals surface area (Å²) in [6.07, 6.45) is 4.00. The number of halogens is 1. The number of amides is 1. The summed E-state index contributed by atoms with van der Waals surface area (Å²) in [5, 5.41) is 4.57. The first-order chi connectivity index (χ1) is 13.6. The van der Waals surface area contributed by atoms with E-state index in [1.54, 1.807) is 30.5 Å². The maximum atomic E-state index is 12.3. The van der Waals surface area contributed by atoms with Crippen molar-refractivity contribution in [2.75, 3.05) is 4.90 Å². The smallest absolute Gasteiger partial charge is 0.272 e. The highest BCUT2D eigenvalue weighted by Gasteiger charge is 2.33. The van der Waals surface area contributed by atoms with Crippen molar-refractivity contribution in [2.45, 2.75) is 53.1 Å². The number of fused-ring (bicyclic) bond motifs is 1. The molecule has 0 bridgehead atoms. The molecule has 2 aromatic rings. The van der Waals surface area contributed by atoms with Crippen molar-refractivity contribution in [2.24, 2.45) is 5.10 Å². The summed E-state index contributed by atoms with van der Waals surface area (Å²) in [7, 11) is 0. The first-order valence-electron chi connectivity index (χ1n) is 9.83. The maximum absolute atomic E-state index is 12.3. The van der Waals surface area contributed by atoms with Crippen LogP contribution in [-0.2, 0) is 0 Å². The molecule has 1 heterocycles. The van der Waals surface area contributed by atoms with Crippen LogP contribution in [0.1, 0.15) is 61.7 Å². The molecule has 2 aromatic carbocycles. The lowest BCUT2D eigenvalue weighted by Crippen LogP contribution is -2.49. The summed E-state index contributed by atoms with van der Waals surface area (Å²) in [6.45, 7) is 13.1. The molecule has 0 aliphatic carbocycles. The van der Waals surface area contributed by atoms with Gasteiger partial charge in [0.2, 0.25) is 0 Å². The van der Waals surface area contributed by atoms with E-state index < -0.39 is 0 Å². The van der Waals surface area contributed by atoms with E-state index in [0.29, 0.717) is 16.6 Å². The third kappa shape index (κ3) is 4.23. The summed E-state index contributed by atoms with van der Waals surface area (Å²) in [4.78, 5) is 14.7. The average molecular weight is 410 g/mol. The highest BCUT2D eigenvalue weighted by molar-refractivity contribution is 6.33. The first-order valence-corrected chi connectivity index (χ1v) is 10.2. The van der Waals surface area contributed by atoms with Gasteiger partial charge in [-0.1, -0.05) is 29.8 Å².